The van der Waals surface area contributed by atoms with Crippen LogP contribution in [0.4, 0.5) is 5.69 Å². The fourth-order valence-corrected chi connectivity index (χ4v) is 3.50. The fourth-order valence-electron chi connectivity index (χ4n) is 3.50. The van der Waals surface area contributed by atoms with E-state index in [4.69, 9.17) is 4.74 Å². The van der Waals surface area contributed by atoms with E-state index in [2.05, 4.69) is 22.1 Å². The van der Waals surface area contributed by atoms with Crippen LogP contribution < -0.4 is 15.0 Å². The summed E-state index contributed by atoms with van der Waals surface area (Å²) in [5.41, 5.74) is 2.82. The van der Waals surface area contributed by atoms with Crippen LogP contribution in [0.15, 0.2) is 60.8 Å². The molecule has 6 heteroatoms. The first kappa shape index (κ1) is 20.4. The standard InChI is InChI=1S/C25H23N3O3/c1-18-6-9-21(10-7-18)28-17-20(15-24(28)29)25(30)27-12-2-3-14-31-22-11-8-19-5-4-13-26-23(19)16-22/h4-11,13,16,20H,12,14-15,17H2,1H3,(H,27,30). The molecule has 31 heavy (non-hydrogen) atoms. The Hall–Kier alpha value is -3.85. The zero-order valence-corrected chi connectivity index (χ0v) is 17.3. The fraction of sp³-hybridized carbons (Fsp3) is 0.240. The Morgan fingerprint density at radius 1 is 1.19 bits per heavy atom. The molecule has 0 radical (unpaired) electrons. The number of aromatic nitrogens is 1. The third kappa shape index (κ3) is 5.01. The highest BCUT2D eigenvalue weighted by Gasteiger charge is 2.34. The summed E-state index contributed by atoms with van der Waals surface area (Å²) in [4.78, 5) is 30.7. The molecule has 4 rings (SSSR count). The van der Waals surface area contributed by atoms with Crippen molar-refractivity contribution in [3.05, 3.63) is 66.4 Å². The normalized spacial score (nSPS) is 15.5. The number of fused-ring (bicyclic) bond motifs is 1. The summed E-state index contributed by atoms with van der Waals surface area (Å²) in [5.74, 6) is 5.93. The Balaban J connectivity index is 1.23. The topological polar surface area (TPSA) is 71.5 Å². The van der Waals surface area contributed by atoms with Crippen LogP contribution in [0, 0.1) is 24.7 Å². The van der Waals surface area contributed by atoms with Gasteiger partial charge in [0.15, 0.2) is 0 Å². The van der Waals surface area contributed by atoms with Crippen LogP contribution >= 0.6 is 0 Å². The lowest BCUT2D eigenvalue weighted by atomic mass is 10.1. The summed E-state index contributed by atoms with van der Waals surface area (Å²) in [5, 5.41) is 3.84. The van der Waals surface area contributed by atoms with E-state index in [-0.39, 0.29) is 37.3 Å². The number of hydrogen-bond acceptors (Lipinski definition) is 4. The van der Waals surface area contributed by atoms with Crippen LogP contribution in [0.2, 0.25) is 0 Å². The highest BCUT2D eigenvalue weighted by Crippen LogP contribution is 2.25. The molecule has 0 spiro atoms. The van der Waals surface area contributed by atoms with Crippen molar-refractivity contribution in [1.82, 2.24) is 10.3 Å². The van der Waals surface area contributed by atoms with Gasteiger partial charge in [0.1, 0.15) is 12.4 Å². The highest BCUT2D eigenvalue weighted by atomic mass is 16.5. The molecule has 1 fully saturated rings. The Morgan fingerprint density at radius 2 is 2.03 bits per heavy atom. The lowest BCUT2D eigenvalue weighted by Crippen LogP contribution is -2.33. The smallest absolute Gasteiger partial charge is 0.227 e. The van der Waals surface area contributed by atoms with E-state index >= 15 is 0 Å². The van der Waals surface area contributed by atoms with Gasteiger partial charge in [-0.05, 0) is 37.3 Å². The number of nitrogens with zero attached hydrogens (tertiary/aromatic N) is 2. The van der Waals surface area contributed by atoms with Crippen molar-refractivity contribution in [2.45, 2.75) is 13.3 Å². The van der Waals surface area contributed by atoms with Crippen LogP contribution in [-0.2, 0) is 9.59 Å². The molecule has 1 saturated heterocycles. The number of ether oxygens (including phenoxy) is 1. The lowest BCUT2D eigenvalue weighted by molar-refractivity contribution is -0.126. The Morgan fingerprint density at radius 3 is 2.87 bits per heavy atom. The first-order chi connectivity index (χ1) is 15.1. The molecule has 1 aliphatic heterocycles. The summed E-state index contributed by atoms with van der Waals surface area (Å²) in [6, 6.07) is 17.3. The predicted octanol–water partition coefficient (Wildman–Crippen LogP) is 3.09. The van der Waals surface area contributed by atoms with Gasteiger partial charge in [0.2, 0.25) is 11.8 Å². The van der Waals surface area contributed by atoms with Crippen molar-refractivity contribution in [3.63, 3.8) is 0 Å². The van der Waals surface area contributed by atoms with Crippen LogP contribution in [-0.4, -0.2) is 36.5 Å². The molecule has 0 bridgehead atoms. The maximum atomic E-state index is 12.4. The molecule has 2 aromatic carbocycles. The molecule has 1 aliphatic rings. The third-order valence-corrected chi connectivity index (χ3v) is 5.21. The molecule has 0 saturated carbocycles. The highest BCUT2D eigenvalue weighted by molar-refractivity contribution is 6.00. The minimum Gasteiger partial charge on any atom is -0.481 e. The summed E-state index contributed by atoms with van der Waals surface area (Å²) < 4.78 is 5.63. The predicted molar refractivity (Wildman–Crippen MR) is 120 cm³/mol. The van der Waals surface area contributed by atoms with Crippen LogP contribution in [0.1, 0.15) is 12.0 Å². The maximum Gasteiger partial charge on any atom is 0.227 e. The molecule has 1 aromatic heterocycles. The molecule has 156 valence electrons. The number of nitrogens with one attached hydrogen (secondary N) is 1. The van der Waals surface area contributed by atoms with Gasteiger partial charge in [0.25, 0.3) is 0 Å². The summed E-state index contributed by atoms with van der Waals surface area (Å²) in [7, 11) is 0. The molecule has 1 N–H and O–H groups in total. The third-order valence-electron chi connectivity index (χ3n) is 5.21. The number of rotatable bonds is 5. The first-order valence-corrected chi connectivity index (χ1v) is 10.2. The van der Waals surface area contributed by atoms with Crippen molar-refractivity contribution in [2.24, 2.45) is 5.92 Å². The molecule has 1 atom stereocenters. The number of pyridine rings is 1. The van der Waals surface area contributed by atoms with Crippen molar-refractivity contribution in [3.8, 4) is 17.6 Å². The molecule has 2 heterocycles. The Kier molecular flexibility index (Phi) is 6.13. The molecular formula is C25H23N3O3. The average Bonchev–Trinajstić information content (AvgIpc) is 3.18. The van der Waals surface area contributed by atoms with E-state index in [0.717, 1.165) is 22.2 Å². The summed E-state index contributed by atoms with van der Waals surface area (Å²) in [6.45, 7) is 2.82. The van der Waals surface area contributed by atoms with Gasteiger partial charge in [0, 0.05) is 36.3 Å². The molecule has 3 aromatic rings. The number of carbonyl (C=O) groups is 2. The second-order valence-corrected chi connectivity index (χ2v) is 7.46. The number of anilines is 1. The quantitative estimate of drug-likeness (QED) is 0.653. The number of aryl methyl sites for hydroxylation is 1. The second-order valence-electron chi connectivity index (χ2n) is 7.46. The van der Waals surface area contributed by atoms with E-state index in [1.165, 1.54) is 0 Å². The van der Waals surface area contributed by atoms with E-state index in [0.29, 0.717) is 12.3 Å². The van der Waals surface area contributed by atoms with E-state index in [1.54, 1.807) is 11.1 Å². The zero-order chi connectivity index (χ0) is 21.6. The number of carbonyl (C=O) groups excluding carboxylic acids is 2. The SMILES string of the molecule is Cc1ccc(N2CC(C(=O)NCC#CCOc3ccc4cccnc4c3)CC2=O)cc1. The summed E-state index contributed by atoms with van der Waals surface area (Å²) >= 11 is 0. The molecule has 2 amide bonds. The van der Waals surface area contributed by atoms with Gasteiger partial charge in [-0.25, -0.2) is 0 Å². The molecule has 1 unspecified atom stereocenters. The lowest BCUT2D eigenvalue weighted by Gasteiger charge is -2.16. The summed E-state index contributed by atoms with van der Waals surface area (Å²) in [6.07, 6.45) is 1.96. The van der Waals surface area contributed by atoms with E-state index in [9.17, 15) is 9.59 Å². The Labute approximate surface area is 181 Å². The van der Waals surface area contributed by atoms with Gasteiger partial charge >= 0.3 is 0 Å². The molecule has 0 aliphatic carbocycles. The van der Waals surface area contributed by atoms with Crippen LogP contribution in [0.25, 0.3) is 10.9 Å². The van der Waals surface area contributed by atoms with Gasteiger partial charge in [-0.2, -0.15) is 0 Å². The van der Waals surface area contributed by atoms with Gasteiger partial charge in [-0.3, -0.25) is 14.6 Å². The van der Waals surface area contributed by atoms with E-state index in [1.807, 2.05) is 61.5 Å². The minimum absolute atomic E-state index is 0.0339. The number of benzene rings is 2. The first-order valence-electron chi connectivity index (χ1n) is 10.2. The van der Waals surface area contributed by atoms with Gasteiger partial charge in [-0.1, -0.05) is 35.6 Å². The monoisotopic (exact) mass is 413 g/mol. The van der Waals surface area contributed by atoms with Gasteiger partial charge in [-0.15, -0.1) is 0 Å². The minimum atomic E-state index is -0.364. The van der Waals surface area contributed by atoms with Gasteiger partial charge in [0.05, 0.1) is 18.0 Å². The molecule has 6 nitrogen and oxygen atoms in total. The molecular weight excluding hydrogens is 390 g/mol. The van der Waals surface area contributed by atoms with Crippen molar-refractivity contribution in [1.29, 1.82) is 0 Å². The van der Waals surface area contributed by atoms with E-state index < -0.39 is 0 Å². The maximum absolute atomic E-state index is 12.4. The Bertz CT molecular complexity index is 1160. The van der Waals surface area contributed by atoms with Crippen LogP contribution in [0.5, 0.6) is 5.75 Å². The largest absolute Gasteiger partial charge is 0.481 e. The van der Waals surface area contributed by atoms with Crippen molar-refractivity contribution in [2.75, 3.05) is 24.6 Å². The van der Waals surface area contributed by atoms with Crippen molar-refractivity contribution >= 4 is 28.4 Å². The van der Waals surface area contributed by atoms with Gasteiger partial charge < -0.3 is 15.0 Å². The number of hydrogen-bond donors (Lipinski definition) is 1. The average molecular weight is 413 g/mol. The van der Waals surface area contributed by atoms with Crippen molar-refractivity contribution < 1.29 is 14.3 Å². The number of amides is 2. The van der Waals surface area contributed by atoms with Crippen LogP contribution in [0.3, 0.4) is 0 Å². The second kappa shape index (κ2) is 9.31. The zero-order valence-electron chi connectivity index (χ0n) is 17.3.